The standard InChI is InChI=1S/C32H36N4O2S/c37-32(38-23-25-9-5-2-6-10-25)36-16-14-26-21-30(36)29-22-27(11-12-28(26)29)34-17-19-35(20-18-34)31(39)33-15-13-24-7-3-1-4-8-24/h1-12,22,26,30H,13-21,23H2,(H,33,39)/t26-,30?/m1/s1. The highest BCUT2D eigenvalue weighted by Crippen LogP contribution is 2.50. The van der Waals surface area contributed by atoms with Crippen LogP contribution in [0.3, 0.4) is 0 Å². The van der Waals surface area contributed by atoms with E-state index in [1.165, 1.54) is 22.4 Å². The number of benzene rings is 3. The van der Waals surface area contributed by atoms with Gasteiger partial charge in [0.25, 0.3) is 0 Å². The van der Waals surface area contributed by atoms with Crippen molar-refractivity contribution in [3.05, 3.63) is 101 Å². The van der Waals surface area contributed by atoms with E-state index < -0.39 is 0 Å². The van der Waals surface area contributed by atoms with E-state index in [2.05, 4.69) is 57.6 Å². The second-order valence-corrected chi connectivity index (χ2v) is 11.1. The Morgan fingerprint density at radius 2 is 1.59 bits per heavy atom. The fourth-order valence-corrected chi connectivity index (χ4v) is 6.51. The van der Waals surface area contributed by atoms with Crippen LogP contribution in [0, 0.1) is 0 Å². The maximum atomic E-state index is 13.1. The smallest absolute Gasteiger partial charge is 0.410 e. The molecule has 1 unspecified atom stereocenters. The Bertz CT molecular complexity index is 1290. The lowest BCUT2D eigenvalue weighted by Gasteiger charge is -2.38. The van der Waals surface area contributed by atoms with Gasteiger partial charge in [0.15, 0.2) is 5.11 Å². The summed E-state index contributed by atoms with van der Waals surface area (Å²) in [6.45, 7) is 5.57. The molecule has 2 bridgehead atoms. The molecule has 3 aliphatic rings. The molecule has 3 aromatic rings. The molecule has 7 heteroatoms. The Morgan fingerprint density at radius 1 is 0.872 bits per heavy atom. The predicted molar refractivity (Wildman–Crippen MR) is 159 cm³/mol. The molecule has 1 amide bonds. The molecule has 0 radical (unpaired) electrons. The largest absolute Gasteiger partial charge is 0.445 e. The number of nitrogens with one attached hydrogen (secondary N) is 1. The van der Waals surface area contributed by atoms with Crippen molar-refractivity contribution >= 4 is 29.1 Å². The van der Waals surface area contributed by atoms with Crippen LogP contribution in [0.25, 0.3) is 0 Å². The maximum Gasteiger partial charge on any atom is 0.410 e. The number of carbonyl (C=O) groups excluding carboxylic acids is 1. The lowest BCUT2D eigenvalue weighted by atomic mass is 9.96. The molecule has 0 saturated carbocycles. The molecule has 3 aromatic carbocycles. The first-order chi connectivity index (χ1) is 19.2. The maximum absolute atomic E-state index is 13.1. The quantitative estimate of drug-likeness (QED) is 0.417. The van der Waals surface area contributed by atoms with Gasteiger partial charge in [0, 0.05) is 45.0 Å². The Kier molecular flexibility index (Phi) is 7.68. The van der Waals surface area contributed by atoms with Crippen LogP contribution in [0.15, 0.2) is 78.9 Å². The summed E-state index contributed by atoms with van der Waals surface area (Å²) in [5.74, 6) is 0.536. The fourth-order valence-electron chi connectivity index (χ4n) is 6.22. The van der Waals surface area contributed by atoms with Crippen molar-refractivity contribution in [2.45, 2.75) is 37.8 Å². The van der Waals surface area contributed by atoms with Gasteiger partial charge in [-0.2, -0.15) is 0 Å². The first-order valence-corrected chi connectivity index (χ1v) is 14.5. The van der Waals surface area contributed by atoms with E-state index in [1.54, 1.807) is 0 Å². The van der Waals surface area contributed by atoms with Crippen LogP contribution in [-0.2, 0) is 17.8 Å². The number of likely N-dealkylation sites (tertiary alicyclic amines) is 1. The average molecular weight is 541 g/mol. The summed E-state index contributed by atoms with van der Waals surface area (Å²) < 4.78 is 5.72. The van der Waals surface area contributed by atoms with E-state index in [0.29, 0.717) is 12.5 Å². The zero-order valence-corrected chi connectivity index (χ0v) is 23.1. The second kappa shape index (κ2) is 11.7. The third-order valence-electron chi connectivity index (χ3n) is 8.38. The van der Waals surface area contributed by atoms with Gasteiger partial charge in [0.1, 0.15) is 6.61 Å². The Balaban J connectivity index is 1.04. The number of piperazine rings is 1. The first-order valence-electron chi connectivity index (χ1n) is 14.1. The number of rotatable bonds is 6. The average Bonchev–Trinajstić information content (AvgIpc) is 3.27. The molecule has 0 aromatic heterocycles. The number of anilines is 1. The molecule has 1 aliphatic carbocycles. The molecule has 2 aliphatic heterocycles. The van der Waals surface area contributed by atoms with E-state index in [9.17, 15) is 4.79 Å². The van der Waals surface area contributed by atoms with E-state index in [-0.39, 0.29) is 12.1 Å². The van der Waals surface area contributed by atoms with Gasteiger partial charge in [-0.05, 0) is 71.8 Å². The first kappa shape index (κ1) is 25.7. The molecule has 0 spiro atoms. The molecular weight excluding hydrogens is 504 g/mol. The molecule has 202 valence electrons. The summed E-state index contributed by atoms with van der Waals surface area (Å²) in [6.07, 6.45) is 2.75. The number of thiocarbonyl (C=S) groups is 1. The van der Waals surface area contributed by atoms with Crippen LogP contribution < -0.4 is 10.2 Å². The minimum Gasteiger partial charge on any atom is -0.445 e. The SMILES string of the molecule is O=C(OCc1ccccc1)N1CC[C@@H]2CC1c1cc(N3CCN(C(=S)NCCc4ccccc4)CC3)ccc12. The molecule has 2 fully saturated rings. The molecule has 6 rings (SSSR count). The number of carbonyl (C=O) groups is 1. The Hall–Kier alpha value is -3.58. The van der Waals surface area contributed by atoms with Crippen molar-refractivity contribution in [2.75, 3.05) is 44.2 Å². The zero-order valence-electron chi connectivity index (χ0n) is 22.3. The van der Waals surface area contributed by atoms with Gasteiger partial charge in [-0.25, -0.2) is 4.79 Å². The van der Waals surface area contributed by atoms with Crippen LogP contribution in [0.5, 0.6) is 0 Å². The van der Waals surface area contributed by atoms with Gasteiger partial charge < -0.3 is 24.8 Å². The monoisotopic (exact) mass is 540 g/mol. The van der Waals surface area contributed by atoms with Crippen molar-refractivity contribution < 1.29 is 9.53 Å². The van der Waals surface area contributed by atoms with Crippen molar-refractivity contribution in [1.82, 2.24) is 15.1 Å². The predicted octanol–water partition coefficient (Wildman–Crippen LogP) is 5.50. The molecular formula is C32H36N4O2S. The molecule has 2 atom stereocenters. The lowest BCUT2D eigenvalue weighted by molar-refractivity contribution is 0.0694. The highest BCUT2D eigenvalue weighted by molar-refractivity contribution is 7.80. The van der Waals surface area contributed by atoms with Gasteiger partial charge in [0.2, 0.25) is 0 Å². The summed E-state index contributed by atoms with van der Waals surface area (Å²) in [4.78, 5) is 19.8. The minimum absolute atomic E-state index is 0.102. The van der Waals surface area contributed by atoms with E-state index in [1.807, 2.05) is 41.3 Å². The number of nitrogens with zero attached hydrogens (tertiary/aromatic N) is 3. The van der Waals surface area contributed by atoms with Gasteiger partial charge in [-0.3, -0.25) is 0 Å². The number of fused-ring (bicyclic) bond motifs is 5. The van der Waals surface area contributed by atoms with Gasteiger partial charge in [-0.15, -0.1) is 0 Å². The molecule has 2 heterocycles. The highest BCUT2D eigenvalue weighted by Gasteiger charge is 2.41. The summed E-state index contributed by atoms with van der Waals surface area (Å²) in [6, 6.07) is 27.4. The number of piperidine rings is 1. The van der Waals surface area contributed by atoms with Crippen molar-refractivity contribution in [3.8, 4) is 0 Å². The minimum atomic E-state index is -0.206. The number of hydrogen-bond acceptors (Lipinski definition) is 4. The van der Waals surface area contributed by atoms with Crippen LogP contribution in [0.1, 0.15) is 47.1 Å². The summed E-state index contributed by atoms with van der Waals surface area (Å²) in [5, 5.41) is 4.29. The van der Waals surface area contributed by atoms with Gasteiger partial charge >= 0.3 is 6.09 Å². The van der Waals surface area contributed by atoms with Gasteiger partial charge in [-0.1, -0.05) is 66.7 Å². The molecule has 39 heavy (non-hydrogen) atoms. The highest BCUT2D eigenvalue weighted by atomic mass is 32.1. The topological polar surface area (TPSA) is 48.1 Å². The van der Waals surface area contributed by atoms with E-state index in [4.69, 9.17) is 17.0 Å². The van der Waals surface area contributed by atoms with Crippen LogP contribution >= 0.6 is 12.2 Å². The fraction of sp³-hybridized carbons (Fsp3) is 0.375. The van der Waals surface area contributed by atoms with E-state index in [0.717, 1.165) is 69.2 Å². The number of amides is 1. The number of hydrogen-bond donors (Lipinski definition) is 1. The van der Waals surface area contributed by atoms with Crippen molar-refractivity contribution in [3.63, 3.8) is 0 Å². The van der Waals surface area contributed by atoms with Crippen molar-refractivity contribution in [2.24, 2.45) is 0 Å². The van der Waals surface area contributed by atoms with Gasteiger partial charge in [0.05, 0.1) is 6.04 Å². The normalized spacial score (nSPS) is 19.9. The van der Waals surface area contributed by atoms with Crippen molar-refractivity contribution in [1.29, 1.82) is 0 Å². The third kappa shape index (κ3) is 5.74. The zero-order chi connectivity index (χ0) is 26.6. The Morgan fingerprint density at radius 3 is 2.33 bits per heavy atom. The second-order valence-electron chi connectivity index (χ2n) is 10.7. The third-order valence-corrected chi connectivity index (χ3v) is 8.78. The summed E-state index contributed by atoms with van der Waals surface area (Å²) >= 11 is 5.70. The van der Waals surface area contributed by atoms with Crippen LogP contribution in [-0.4, -0.2) is 60.3 Å². The Labute approximate surface area is 236 Å². The van der Waals surface area contributed by atoms with Crippen LogP contribution in [0.4, 0.5) is 10.5 Å². The molecule has 1 N–H and O–H groups in total. The lowest BCUT2D eigenvalue weighted by Crippen LogP contribution is -2.52. The molecule has 2 saturated heterocycles. The van der Waals surface area contributed by atoms with E-state index >= 15 is 0 Å². The van der Waals surface area contributed by atoms with Crippen LogP contribution in [0.2, 0.25) is 0 Å². The summed E-state index contributed by atoms with van der Waals surface area (Å²) in [7, 11) is 0. The summed E-state index contributed by atoms with van der Waals surface area (Å²) in [5.41, 5.74) is 6.28. The number of ether oxygens (including phenoxy) is 1. The molecule has 6 nitrogen and oxygen atoms in total.